The van der Waals surface area contributed by atoms with Crippen LogP contribution in [0.15, 0.2) is 66.2 Å². The molecule has 0 amide bonds. The number of carbonyl (C=O) groups is 2. The minimum atomic E-state index is -0.996. The summed E-state index contributed by atoms with van der Waals surface area (Å²) in [6.45, 7) is 1.95. The van der Waals surface area contributed by atoms with Gasteiger partial charge in [-0.15, -0.1) is 0 Å². The summed E-state index contributed by atoms with van der Waals surface area (Å²) in [6.07, 6.45) is 8.44. The van der Waals surface area contributed by atoms with E-state index in [1.165, 1.54) is 11.6 Å². The van der Waals surface area contributed by atoms with Gasteiger partial charge in [-0.05, 0) is 56.0 Å². The van der Waals surface area contributed by atoms with E-state index in [9.17, 15) is 9.59 Å². The summed E-state index contributed by atoms with van der Waals surface area (Å²) in [4.78, 5) is 25.5. The molecule has 33 heavy (non-hydrogen) atoms. The fourth-order valence-corrected chi connectivity index (χ4v) is 2.71. The van der Waals surface area contributed by atoms with Crippen LogP contribution in [-0.4, -0.2) is 61.0 Å². The Kier molecular flexibility index (Phi) is 9.93. The molecule has 176 valence electrons. The van der Waals surface area contributed by atoms with Gasteiger partial charge in [0.25, 0.3) is 0 Å². The standard InChI is InChI=1S/C13H15N3O.C9H15N5O2/c1-10(17)13(14)9-11-3-5-12(6-4-11)16-8-2-7-15-16;10-7(8(15)16)3-1-4-12-9(11)14-6-2-5-13-14/h2-8,13H,9,14H2,1H3;2,5-7H,1,3-4,10H2,(H2,11,12)(H,15,16)/t13-;7-/m00/s1. The lowest BCUT2D eigenvalue weighted by atomic mass is 10.0. The van der Waals surface area contributed by atoms with Crippen LogP contribution in [-0.2, 0) is 16.0 Å². The van der Waals surface area contributed by atoms with E-state index in [4.69, 9.17) is 22.3 Å². The summed E-state index contributed by atoms with van der Waals surface area (Å²) in [5.74, 6) is -0.695. The molecule has 7 N–H and O–H groups in total. The van der Waals surface area contributed by atoms with Gasteiger partial charge in [-0.1, -0.05) is 12.1 Å². The zero-order valence-electron chi connectivity index (χ0n) is 18.5. The van der Waals surface area contributed by atoms with Gasteiger partial charge in [0.15, 0.2) is 0 Å². The number of hydrogen-bond acceptors (Lipinski definition) is 7. The topological polar surface area (TPSA) is 180 Å². The Hall–Kier alpha value is -3.83. The first-order valence-corrected chi connectivity index (χ1v) is 10.4. The van der Waals surface area contributed by atoms with Gasteiger partial charge in [0.2, 0.25) is 5.96 Å². The predicted molar refractivity (Wildman–Crippen MR) is 125 cm³/mol. The predicted octanol–water partition coefficient (Wildman–Crippen LogP) is 0.569. The first-order valence-electron chi connectivity index (χ1n) is 10.4. The molecule has 2 heterocycles. The lowest BCUT2D eigenvalue weighted by molar-refractivity contribution is -0.138. The molecule has 0 aliphatic heterocycles. The molecule has 2 atom stereocenters. The smallest absolute Gasteiger partial charge is 0.320 e. The largest absolute Gasteiger partial charge is 0.480 e. The van der Waals surface area contributed by atoms with Crippen molar-refractivity contribution in [2.75, 3.05) is 6.54 Å². The minimum Gasteiger partial charge on any atom is -0.480 e. The number of carboxylic acid groups (broad SMARTS) is 1. The number of aromatic nitrogens is 4. The van der Waals surface area contributed by atoms with Crippen molar-refractivity contribution in [1.82, 2.24) is 19.6 Å². The summed E-state index contributed by atoms with van der Waals surface area (Å²) < 4.78 is 3.23. The highest BCUT2D eigenvalue weighted by Crippen LogP contribution is 2.10. The number of ketones is 1. The number of carbonyl (C=O) groups excluding carboxylic acids is 1. The second-order valence-electron chi connectivity index (χ2n) is 7.32. The number of aliphatic imine (C=N–C) groups is 1. The monoisotopic (exact) mass is 454 g/mol. The molecule has 0 unspecified atom stereocenters. The van der Waals surface area contributed by atoms with Crippen molar-refractivity contribution in [2.24, 2.45) is 22.2 Å². The third-order valence-corrected chi connectivity index (χ3v) is 4.69. The second kappa shape index (κ2) is 12.9. The van der Waals surface area contributed by atoms with Crippen LogP contribution in [0.1, 0.15) is 25.3 Å². The highest BCUT2D eigenvalue weighted by Gasteiger charge is 2.10. The molecule has 0 radical (unpaired) electrons. The van der Waals surface area contributed by atoms with Crippen molar-refractivity contribution in [2.45, 2.75) is 38.3 Å². The zero-order chi connectivity index (χ0) is 24.2. The summed E-state index contributed by atoms with van der Waals surface area (Å²) >= 11 is 0. The highest BCUT2D eigenvalue weighted by molar-refractivity contribution is 5.81. The van der Waals surface area contributed by atoms with E-state index in [0.29, 0.717) is 25.8 Å². The third-order valence-electron chi connectivity index (χ3n) is 4.69. The summed E-state index contributed by atoms with van der Waals surface area (Å²) in [5.41, 5.74) is 18.7. The Morgan fingerprint density at radius 3 is 2.27 bits per heavy atom. The molecule has 0 fully saturated rings. The number of Topliss-reactive ketones (excluding diaryl/α,β-unsaturated/α-hetero) is 1. The molecule has 0 bridgehead atoms. The van der Waals surface area contributed by atoms with Crippen molar-refractivity contribution in [3.63, 3.8) is 0 Å². The average molecular weight is 455 g/mol. The fraction of sp³-hybridized carbons (Fsp3) is 0.318. The van der Waals surface area contributed by atoms with E-state index >= 15 is 0 Å². The number of aliphatic carboxylic acids is 1. The molecular formula is C22H30N8O3. The van der Waals surface area contributed by atoms with E-state index in [-0.39, 0.29) is 11.7 Å². The molecule has 0 aliphatic rings. The Morgan fingerprint density at radius 2 is 1.73 bits per heavy atom. The Labute approximate surface area is 191 Å². The maximum atomic E-state index is 11.1. The van der Waals surface area contributed by atoms with Crippen LogP contribution in [0.25, 0.3) is 5.69 Å². The fourth-order valence-electron chi connectivity index (χ4n) is 2.71. The van der Waals surface area contributed by atoms with Crippen molar-refractivity contribution in [1.29, 1.82) is 0 Å². The molecule has 3 aromatic rings. The molecule has 11 nitrogen and oxygen atoms in total. The van der Waals surface area contributed by atoms with Crippen LogP contribution in [0.3, 0.4) is 0 Å². The van der Waals surface area contributed by atoms with Gasteiger partial charge >= 0.3 is 5.97 Å². The van der Waals surface area contributed by atoms with Crippen LogP contribution < -0.4 is 17.2 Å². The summed E-state index contributed by atoms with van der Waals surface area (Å²) in [7, 11) is 0. The van der Waals surface area contributed by atoms with Gasteiger partial charge in [0.05, 0.1) is 11.7 Å². The highest BCUT2D eigenvalue weighted by atomic mass is 16.4. The average Bonchev–Trinajstić information content (AvgIpc) is 3.52. The lowest BCUT2D eigenvalue weighted by Crippen LogP contribution is -2.30. The molecule has 0 spiro atoms. The van der Waals surface area contributed by atoms with Crippen molar-refractivity contribution < 1.29 is 14.7 Å². The van der Waals surface area contributed by atoms with Gasteiger partial charge in [0, 0.05) is 31.3 Å². The van der Waals surface area contributed by atoms with Crippen LogP contribution in [0.2, 0.25) is 0 Å². The molecule has 0 saturated carbocycles. The zero-order valence-corrected chi connectivity index (χ0v) is 18.5. The molecule has 2 aromatic heterocycles. The third kappa shape index (κ3) is 8.67. The number of nitrogens with two attached hydrogens (primary N) is 3. The summed E-state index contributed by atoms with van der Waals surface area (Å²) in [5, 5.41) is 16.6. The number of rotatable bonds is 9. The number of nitrogens with zero attached hydrogens (tertiary/aromatic N) is 5. The number of hydrogen-bond donors (Lipinski definition) is 4. The van der Waals surface area contributed by atoms with Gasteiger partial charge in [0.1, 0.15) is 11.8 Å². The first-order chi connectivity index (χ1) is 15.8. The quantitative estimate of drug-likeness (QED) is 0.206. The van der Waals surface area contributed by atoms with Crippen LogP contribution >= 0.6 is 0 Å². The maximum Gasteiger partial charge on any atom is 0.320 e. The van der Waals surface area contributed by atoms with Crippen molar-refractivity contribution >= 4 is 17.7 Å². The normalized spacial score (nSPS) is 13.0. The van der Waals surface area contributed by atoms with E-state index in [1.807, 2.05) is 36.5 Å². The first kappa shape index (κ1) is 25.4. The van der Waals surface area contributed by atoms with Crippen LogP contribution in [0.5, 0.6) is 0 Å². The van der Waals surface area contributed by atoms with Crippen LogP contribution in [0.4, 0.5) is 0 Å². The Bertz CT molecular complexity index is 1010. The van der Waals surface area contributed by atoms with Crippen molar-refractivity contribution in [3.8, 4) is 5.69 Å². The molecule has 11 heteroatoms. The summed E-state index contributed by atoms with van der Waals surface area (Å²) in [6, 6.07) is 10.2. The molecule has 1 aromatic carbocycles. The van der Waals surface area contributed by atoms with E-state index < -0.39 is 18.1 Å². The van der Waals surface area contributed by atoms with E-state index in [2.05, 4.69) is 15.2 Å². The van der Waals surface area contributed by atoms with Gasteiger partial charge in [-0.3, -0.25) is 14.6 Å². The van der Waals surface area contributed by atoms with Gasteiger partial charge < -0.3 is 22.3 Å². The van der Waals surface area contributed by atoms with Gasteiger partial charge in [-0.2, -0.15) is 10.2 Å². The number of benzene rings is 1. The maximum absolute atomic E-state index is 11.1. The molecule has 0 aliphatic carbocycles. The van der Waals surface area contributed by atoms with Crippen molar-refractivity contribution in [3.05, 3.63) is 66.7 Å². The SMILES string of the molecule is CC(=O)[C@@H](N)Cc1ccc(-n2cccn2)cc1.NC(=NCCC[C@H](N)C(=O)O)n1cccn1. The Morgan fingerprint density at radius 1 is 1.06 bits per heavy atom. The molecule has 0 saturated heterocycles. The minimum absolute atomic E-state index is 0.0150. The molecule has 3 rings (SSSR count). The second-order valence-corrected chi connectivity index (χ2v) is 7.32. The Balaban J connectivity index is 0.000000234. The van der Waals surface area contributed by atoms with Gasteiger partial charge in [-0.25, -0.2) is 9.36 Å². The number of carboxylic acids is 1. The van der Waals surface area contributed by atoms with E-state index in [0.717, 1.165) is 11.3 Å². The van der Waals surface area contributed by atoms with Crippen LogP contribution in [0, 0.1) is 0 Å². The van der Waals surface area contributed by atoms with E-state index in [1.54, 1.807) is 29.3 Å². The lowest BCUT2D eigenvalue weighted by Gasteiger charge is -2.08. The molecular weight excluding hydrogens is 424 g/mol.